The maximum Gasteiger partial charge on any atom is 0.0982 e. The van der Waals surface area contributed by atoms with Crippen molar-refractivity contribution in [3.8, 4) is 0 Å². The monoisotopic (exact) mass is 364 g/mol. The van der Waals surface area contributed by atoms with E-state index >= 15 is 0 Å². The third kappa shape index (κ3) is 12.4. The summed E-state index contributed by atoms with van der Waals surface area (Å²) in [6.07, 6.45) is 29.5. The molecule has 0 aromatic carbocycles. The summed E-state index contributed by atoms with van der Waals surface area (Å²) in [6.45, 7) is 3.24. The smallest absolute Gasteiger partial charge is 0.0982 e. The molecule has 0 aliphatic carbocycles. The highest BCUT2D eigenvalue weighted by molar-refractivity contribution is 4.93. The maximum absolute atomic E-state index is 9.05. The molecule has 0 fully saturated rings. The fraction of sp³-hybridized carbons (Fsp3) is 0.826. The number of hydrogen-bond donors (Lipinski definition) is 2. The Kier molecular flexibility index (Phi) is 15.5. The lowest BCUT2D eigenvalue weighted by atomic mass is 10.1. The summed E-state index contributed by atoms with van der Waals surface area (Å²) >= 11 is 0. The Bertz CT molecular complexity index is 354. The summed E-state index contributed by atoms with van der Waals surface area (Å²) in [7, 11) is 0. The number of aliphatic hydroxyl groups excluding tert-OH is 1. The molecule has 0 aromatic heterocycles. The van der Waals surface area contributed by atoms with E-state index in [1.165, 1.54) is 96.3 Å². The molecule has 26 heavy (non-hydrogen) atoms. The molecule has 1 unspecified atom stereocenters. The highest BCUT2D eigenvalue weighted by Gasteiger charge is 2.16. The van der Waals surface area contributed by atoms with Crippen LogP contribution in [-0.4, -0.2) is 29.3 Å². The van der Waals surface area contributed by atoms with Gasteiger partial charge in [0.1, 0.15) is 0 Å². The molecular formula is C23H44N2O. The van der Waals surface area contributed by atoms with Gasteiger partial charge in [0.2, 0.25) is 0 Å². The van der Waals surface area contributed by atoms with E-state index in [1.807, 2.05) is 6.20 Å². The predicted molar refractivity (Wildman–Crippen MR) is 114 cm³/mol. The van der Waals surface area contributed by atoms with Gasteiger partial charge in [0.15, 0.2) is 0 Å². The van der Waals surface area contributed by atoms with Gasteiger partial charge in [-0.2, -0.15) is 0 Å². The van der Waals surface area contributed by atoms with E-state index in [1.54, 1.807) is 0 Å². The number of allylic oxidation sites excluding steroid dienone is 2. The van der Waals surface area contributed by atoms with Gasteiger partial charge < -0.3 is 15.3 Å². The molecule has 1 atom stereocenters. The Morgan fingerprint density at radius 1 is 0.846 bits per heavy atom. The Labute approximate surface area is 162 Å². The average Bonchev–Trinajstić information content (AvgIpc) is 3.09. The van der Waals surface area contributed by atoms with Crippen LogP contribution in [0.25, 0.3) is 0 Å². The minimum absolute atomic E-state index is 0.233. The first-order valence-corrected chi connectivity index (χ1v) is 11.3. The zero-order valence-electron chi connectivity index (χ0n) is 17.3. The largest absolute Gasteiger partial charge is 0.395 e. The highest BCUT2D eigenvalue weighted by atomic mass is 16.3. The number of β-amino-alcohol motifs (C(OH)–C–C–N with tert-alkyl or cyclic N) is 1. The van der Waals surface area contributed by atoms with Crippen molar-refractivity contribution in [2.75, 3.05) is 13.2 Å². The summed E-state index contributed by atoms with van der Waals surface area (Å²) in [5.41, 5.74) is 0. The molecule has 3 nitrogen and oxygen atoms in total. The van der Waals surface area contributed by atoms with E-state index in [2.05, 4.69) is 35.5 Å². The first-order valence-electron chi connectivity index (χ1n) is 11.3. The summed E-state index contributed by atoms with van der Waals surface area (Å²) in [4.78, 5) is 2.21. The lowest BCUT2D eigenvalue weighted by Gasteiger charge is -2.24. The van der Waals surface area contributed by atoms with Crippen LogP contribution in [0.4, 0.5) is 0 Å². The van der Waals surface area contributed by atoms with Crippen molar-refractivity contribution in [3.05, 3.63) is 24.6 Å². The Hall–Kier alpha value is -0.960. The van der Waals surface area contributed by atoms with Crippen LogP contribution in [-0.2, 0) is 0 Å². The molecule has 2 N–H and O–H groups in total. The van der Waals surface area contributed by atoms with Crippen molar-refractivity contribution in [3.63, 3.8) is 0 Å². The Morgan fingerprint density at radius 2 is 1.42 bits per heavy atom. The number of aliphatic hydroxyl groups is 1. The normalized spacial score (nSPS) is 16.7. The zero-order chi connectivity index (χ0) is 18.7. The quantitative estimate of drug-likeness (QED) is 0.227. The summed E-state index contributed by atoms with van der Waals surface area (Å²) < 4.78 is 0. The van der Waals surface area contributed by atoms with Gasteiger partial charge >= 0.3 is 0 Å². The van der Waals surface area contributed by atoms with Crippen molar-refractivity contribution in [1.29, 1.82) is 0 Å². The Morgan fingerprint density at radius 3 is 2.04 bits per heavy atom. The van der Waals surface area contributed by atoms with Crippen LogP contribution in [0.5, 0.6) is 0 Å². The average molecular weight is 365 g/mol. The van der Waals surface area contributed by atoms with Crippen LogP contribution in [0, 0.1) is 0 Å². The minimum atomic E-state index is 0.233. The topological polar surface area (TPSA) is 35.5 Å². The molecular weight excluding hydrogens is 320 g/mol. The number of nitrogens with zero attached hydrogens (tertiary/aromatic N) is 1. The molecule has 1 aliphatic heterocycles. The fourth-order valence-corrected chi connectivity index (χ4v) is 3.63. The SMILES string of the molecule is CCCCCC/C=C/CCCCCCCCCCC1NC=CN1CCO. The van der Waals surface area contributed by atoms with Crippen LogP contribution >= 0.6 is 0 Å². The van der Waals surface area contributed by atoms with E-state index in [-0.39, 0.29) is 6.61 Å². The van der Waals surface area contributed by atoms with Crippen LogP contribution < -0.4 is 5.32 Å². The van der Waals surface area contributed by atoms with E-state index in [0.29, 0.717) is 6.17 Å². The molecule has 152 valence electrons. The number of unbranched alkanes of at least 4 members (excludes halogenated alkanes) is 12. The minimum Gasteiger partial charge on any atom is -0.395 e. The van der Waals surface area contributed by atoms with E-state index in [0.717, 1.165) is 6.54 Å². The molecule has 0 saturated carbocycles. The summed E-state index contributed by atoms with van der Waals surface area (Å²) in [5, 5.41) is 12.4. The van der Waals surface area contributed by atoms with Crippen molar-refractivity contribution >= 4 is 0 Å². The molecule has 0 aromatic rings. The van der Waals surface area contributed by atoms with E-state index < -0.39 is 0 Å². The van der Waals surface area contributed by atoms with Gasteiger partial charge in [-0.15, -0.1) is 0 Å². The van der Waals surface area contributed by atoms with E-state index in [9.17, 15) is 0 Å². The van der Waals surface area contributed by atoms with Gasteiger partial charge in [0.25, 0.3) is 0 Å². The van der Waals surface area contributed by atoms with Crippen molar-refractivity contribution in [1.82, 2.24) is 10.2 Å². The van der Waals surface area contributed by atoms with Crippen LogP contribution in [0.2, 0.25) is 0 Å². The zero-order valence-corrected chi connectivity index (χ0v) is 17.3. The van der Waals surface area contributed by atoms with Gasteiger partial charge in [0, 0.05) is 18.9 Å². The fourth-order valence-electron chi connectivity index (χ4n) is 3.63. The van der Waals surface area contributed by atoms with Gasteiger partial charge in [0.05, 0.1) is 12.8 Å². The van der Waals surface area contributed by atoms with E-state index in [4.69, 9.17) is 5.11 Å². The summed E-state index contributed by atoms with van der Waals surface area (Å²) in [5.74, 6) is 0. The number of rotatable bonds is 18. The van der Waals surface area contributed by atoms with Crippen molar-refractivity contribution < 1.29 is 5.11 Å². The number of hydrogen-bond acceptors (Lipinski definition) is 3. The van der Waals surface area contributed by atoms with Gasteiger partial charge in [-0.25, -0.2) is 0 Å². The standard InChI is InChI=1S/C23H44N2O/c1-2-3-4-5-6-7-8-9-10-11-12-13-14-15-16-17-18-23-24-19-20-25(23)21-22-26/h7-8,19-20,23-24,26H,2-6,9-18,21-22H2,1H3/b8-7+. The molecule has 0 saturated heterocycles. The highest BCUT2D eigenvalue weighted by Crippen LogP contribution is 2.15. The third-order valence-electron chi connectivity index (χ3n) is 5.30. The Balaban J connectivity index is 1.78. The lowest BCUT2D eigenvalue weighted by molar-refractivity contribution is 0.194. The molecule has 1 heterocycles. The van der Waals surface area contributed by atoms with Gasteiger partial charge in [-0.05, 0) is 38.5 Å². The number of nitrogens with one attached hydrogen (secondary N) is 1. The van der Waals surface area contributed by atoms with Gasteiger partial charge in [-0.1, -0.05) is 76.9 Å². The molecule has 1 rings (SSSR count). The molecule has 1 aliphatic rings. The molecule has 0 spiro atoms. The van der Waals surface area contributed by atoms with Crippen LogP contribution in [0.15, 0.2) is 24.6 Å². The predicted octanol–water partition coefficient (Wildman–Crippen LogP) is 6.11. The molecule has 0 radical (unpaired) electrons. The van der Waals surface area contributed by atoms with Crippen molar-refractivity contribution in [2.24, 2.45) is 0 Å². The second kappa shape index (κ2) is 17.5. The van der Waals surface area contributed by atoms with Crippen LogP contribution in [0.3, 0.4) is 0 Å². The third-order valence-corrected chi connectivity index (χ3v) is 5.30. The second-order valence-electron chi connectivity index (χ2n) is 7.69. The van der Waals surface area contributed by atoms with Gasteiger partial charge in [-0.3, -0.25) is 0 Å². The summed E-state index contributed by atoms with van der Waals surface area (Å²) in [6, 6.07) is 0. The lowest BCUT2D eigenvalue weighted by Crippen LogP contribution is -2.36. The second-order valence-corrected chi connectivity index (χ2v) is 7.69. The maximum atomic E-state index is 9.05. The molecule has 3 heteroatoms. The molecule has 0 bridgehead atoms. The van der Waals surface area contributed by atoms with Crippen molar-refractivity contribution in [2.45, 2.75) is 109 Å². The first-order chi connectivity index (χ1) is 12.9. The van der Waals surface area contributed by atoms with Crippen LogP contribution in [0.1, 0.15) is 103 Å². The molecule has 0 amide bonds. The first kappa shape index (κ1) is 23.1.